The molecule has 9 rings (SSSR count). The molecule has 0 bridgehead atoms. The van der Waals surface area contributed by atoms with E-state index in [9.17, 15) is 0 Å². The maximum absolute atomic E-state index is 4.69. The molecule has 0 saturated carbocycles. The molecule has 2 heteroatoms. The molecule has 0 N–H and O–H groups in total. The molecule has 0 aliphatic heterocycles. The van der Waals surface area contributed by atoms with Crippen molar-refractivity contribution >= 4 is 43.1 Å². The molecule has 214 valence electrons. The Bertz CT molecular complexity index is 2500. The van der Waals surface area contributed by atoms with Crippen LogP contribution in [0.5, 0.6) is 0 Å². The van der Waals surface area contributed by atoms with Gasteiger partial charge in [-0.1, -0.05) is 146 Å². The van der Waals surface area contributed by atoms with Crippen LogP contribution in [0.2, 0.25) is 0 Å². The molecule has 9 aromatic rings. The summed E-state index contributed by atoms with van der Waals surface area (Å²) in [6, 6.07) is 56.8. The Morgan fingerprint density at radius 1 is 0.261 bits per heavy atom. The zero-order valence-corrected chi connectivity index (χ0v) is 25.1. The van der Waals surface area contributed by atoms with E-state index in [1.165, 1.54) is 65.7 Å². The fourth-order valence-electron chi connectivity index (χ4n) is 7.27. The van der Waals surface area contributed by atoms with Gasteiger partial charge in [-0.05, 0) is 88.6 Å². The zero-order chi connectivity index (χ0) is 30.5. The second kappa shape index (κ2) is 10.8. The van der Waals surface area contributed by atoms with Crippen LogP contribution in [-0.4, -0.2) is 9.97 Å². The molecular formula is C44H28N2. The number of hydrogen-bond donors (Lipinski definition) is 0. The molecule has 0 aliphatic rings. The van der Waals surface area contributed by atoms with Crippen molar-refractivity contribution in [1.29, 1.82) is 0 Å². The average Bonchev–Trinajstić information content (AvgIpc) is 3.13. The topological polar surface area (TPSA) is 25.8 Å². The summed E-state index contributed by atoms with van der Waals surface area (Å²) in [5, 5.41) is 9.67. The minimum absolute atomic E-state index is 0.741. The summed E-state index contributed by atoms with van der Waals surface area (Å²) in [5.74, 6) is 0.741. The van der Waals surface area contributed by atoms with E-state index < -0.39 is 0 Å². The van der Waals surface area contributed by atoms with Gasteiger partial charge in [0.2, 0.25) is 0 Å². The van der Waals surface area contributed by atoms with Crippen molar-refractivity contribution < 1.29 is 0 Å². The molecule has 0 amide bonds. The average molecular weight is 585 g/mol. The van der Waals surface area contributed by atoms with Gasteiger partial charge in [0, 0.05) is 18.0 Å². The Labute approximate surface area is 267 Å². The van der Waals surface area contributed by atoms with Crippen LogP contribution in [-0.2, 0) is 0 Å². The number of aromatic nitrogens is 2. The van der Waals surface area contributed by atoms with Crippen LogP contribution in [0.1, 0.15) is 0 Å². The smallest absolute Gasteiger partial charge is 0.160 e. The van der Waals surface area contributed by atoms with Gasteiger partial charge < -0.3 is 0 Å². The van der Waals surface area contributed by atoms with Gasteiger partial charge in [0.1, 0.15) is 0 Å². The first-order valence-electron chi connectivity index (χ1n) is 15.7. The summed E-state index contributed by atoms with van der Waals surface area (Å²) in [6.45, 7) is 0. The van der Waals surface area contributed by atoms with Crippen molar-refractivity contribution in [3.63, 3.8) is 0 Å². The maximum Gasteiger partial charge on any atom is 0.160 e. The summed E-state index contributed by atoms with van der Waals surface area (Å²) in [7, 11) is 0. The van der Waals surface area contributed by atoms with Crippen LogP contribution in [0.25, 0.3) is 87.9 Å². The first-order valence-corrected chi connectivity index (χ1v) is 15.7. The van der Waals surface area contributed by atoms with E-state index in [0.717, 1.165) is 22.2 Å². The lowest BCUT2D eigenvalue weighted by molar-refractivity contribution is 1.18. The first kappa shape index (κ1) is 26.3. The summed E-state index contributed by atoms with van der Waals surface area (Å²) < 4.78 is 0. The van der Waals surface area contributed by atoms with E-state index >= 15 is 0 Å². The van der Waals surface area contributed by atoms with Gasteiger partial charge in [-0.15, -0.1) is 0 Å². The highest BCUT2D eigenvalue weighted by Crippen LogP contribution is 2.47. The Morgan fingerprint density at radius 2 is 0.630 bits per heavy atom. The van der Waals surface area contributed by atoms with Gasteiger partial charge in [0.25, 0.3) is 0 Å². The van der Waals surface area contributed by atoms with E-state index in [0.29, 0.717) is 0 Å². The zero-order valence-electron chi connectivity index (χ0n) is 25.1. The Kier molecular flexibility index (Phi) is 6.17. The molecule has 0 radical (unpaired) electrons. The maximum atomic E-state index is 4.69. The highest BCUT2D eigenvalue weighted by atomic mass is 14.9. The van der Waals surface area contributed by atoms with Crippen LogP contribution >= 0.6 is 0 Å². The quantitative estimate of drug-likeness (QED) is 0.192. The lowest BCUT2D eigenvalue weighted by Crippen LogP contribution is -1.95. The third-order valence-electron chi connectivity index (χ3n) is 9.16. The van der Waals surface area contributed by atoms with E-state index in [1.54, 1.807) is 0 Å². The molecule has 2 nitrogen and oxygen atoms in total. The standard InChI is InChI=1S/C44H28N2/c1-3-14-29(15-4-1)40-32-18-7-8-19-33(32)41(30-16-5-2-6-17-30)39-28-31(24-25-38(39)40)42-34-20-9-11-22-36(34)43(44-45-26-13-27-46-44)37-23-12-10-21-35(37)42/h1-28H. The predicted molar refractivity (Wildman–Crippen MR) is 194 cm³/mol. The lowest BCUT2D eigenvalue weighted by Gasteiger charge is -2.20. The highest BCUT2D eigenvalue weighted by Gasteiger charge is 2.21. The van der Waals surface area contributed by atoms with E-state index in [4.69, 9.17) is 9.97 Å². The minimum atomic E-state index is 0.741. The molecular weight excluding hydrogens is 556 g/mol. The highest BCUT2D eigenvalue weighted by molar-refractivity contribution is 6.24. The van der Waals surface area contributed by atoms with Gasteiger partial charge in [-0.25, -0.2) is 9.97 Å². The number of nitrogens with zero attached hydrogens (tertiary/aromatic N) is 2. The lowest BCUT2D eigenvalue weighted by atomic mass is 9.83. The van der Waals surface area contributed by atoms with E-state index in [2.05, 4.69) is 152 Å². The van der Waals surface area contributed by atoms with Crippen LogP contribution in [0.3, 0.4) is 0 Å². The monoisotopic (exact) mass is 584 g/mol. The van der Waals surface area contributed by atoms with Crippen molar-refractivity contribution in [2.45, 2.75) is 0 Å². The van der Waals surface area contributed by atoms with Crippen LogP contribution in [0, 0.1) is 0 Å². The van der Waals surface area contributed by atoms with E-state index in [-0.39, 0.29) is 0 Å². The third kappa shape index (κ3) is 4.12. The summed E-state index contributed by atoms with van der Waals surface area (Å²) in [6.07, 6.45) is 3.64. The van der Waals surface area contributed by atoms with Crippen molar-refractivity contribution in [1.82, 2.24) is 9.97 Å². The second-order valence-electron chi connectivity index (χ2n) is 11.7. The van der Waals surface area contributed by atoms with Gasteiger partial charge in [-0.3, -0.25) is 0 Å². The Balaban J connectivity index is 1.44. The Morgan fingerprint density at radius 3 is 1.11 bits per heavy atom. The molecule has 8 aromatic carbocycles. The third-order valence-corrected chi connectivity index (χ3v) is 9.16. The molecule has 46 heavy (non-hydrogen) atoms. The van der Waals surface area contributed by atoms with Gasteiger partial charge in [0.05, 0.1) is 0 Å². The molecule has 0 atom stereocenters. The fourth-order valence-corrected chi connectivity index (χ4v) is 7.27. The second-order valence-corrected chi connectivity index (χ2v) is 11.7. The largest absolute Gasteiger partial charge is 0.237 e. The molecule has 0 spiro atoms. The van der Waals surface area contributed by atoms with Gasteiger partial charge in [0.15, 0.2) is 5.82 Å². The van der Waals surface area contributed by atoms with Crippen LogP contribution in [0.4, 0.5) is 0 Å². The van der Waals surface area contributed by atoms with Crippen LogP contribution < -0.4 is 0 Å². The molecule has 0 fully saturated rings. The molecule has 0 unspecified atom stereocenters. The van der Waals surface area contributed by atoms with Gasteiger partial charge in [-0.2, -0.15) is 0 Å². The first-order chi connectivity index (χ1) is 22.9. The summed E-state index contributed by atoms with van der Waals surface area (Å²) >= 11 is 0. The number of hydrogen-bond acceptors (Lipinski definition) is 2. The predicted octanol–water partition coefficient (Wildman–Crippen LogP) is 11.8. The fraction of sp³-hybridized carbons (Fsp3) is 0. The van der Waals surface area contributed by atoms with Crippen molar-refractivity contribution in [3.05, 3.63) is 170 Å². The Hall–Kier alpha value is -6.12. The molecule has 1 aromatic heterocycles. The normalized spacial score (nSPS) is 11.5. The minimum Gasteiger partial charge on any atom is -0.237 e. The van der Waals surface area contributed by atoms with Crippen molar-refractivity contribution in [3.8, 4) is 44.8 Å². The summed E-state index contributed by atoms with van der Waals surface area (Å²) in [4.78, 5) is 9.39. The van der Waals surface area contributed by atoms with Crippen LogP contribution in [0.15, 0.2) is 170 Å². The SMILES string of the molecule is c1ccc(-c2c3ccccc3c(-c3ccccc3)c3cc(-c4c5ccccc5c(-c5ncccn5)c5ccccc45)ccc23)cc1. The van der Waals surface area contributed by atoms with Gasteiger partial charge >= 0.3 is 0 Å². The molecule has 1 heterocycles. The molecule has 0 aliphatic carbocycles. The number of fused-ring (bicyclic) bond motifs is 4. The summed E-state index contributed by atoms with van der Waals surface area (Å²) in [5.41, 5.74) is 8.44. The van der Waals surface area contributed by atoms with Crippen molar-refractivity contribution in [2.75, 3.05) is 0 Å². The van der Waals surface area contributed by atoms with E-state index in [1.807, 2.05) is 18.5 Å². The number of benzene rings is 8. The van der Waals surface area contributed by atoms with Crippen molar-refractivity contribution in [2.24, 2.45) is 0 Å². The number of rotatable bonds is 4. The molecule has 0 saturated heterocycles.